The molecule has 0 aliphatic carbocycles. The van der Waals surface area contributed by atoms with Gasteiger partial charge in [0.25, 0.3) is 0 Å². The van der Waals surface area contributed by atoms with Crippen molar-refractivity contribution in [2.75, 3.05) is 44.7 Å². The number of hydrogen-bond donors (Lipinski definition) is 1. The van der Waals surface area contributed by atoms with Crippen molar-refractivity contribution in [3.8, 4) is 16.9 Å². The number of nitrogens with zero attached hydrogens (tertiary/aromatic N) is 2. The number of halogens is 1. The minimum absolute atomic E-state index is 0.0570. The van der Waals surface area contributed by atoms with Gasteiger partial charge in [-0.3, -0.25) is 9.69 Å². The van der Waals surface area contributed by atoms with Crippen LogP contribution >= 0.6 is 0 Å². The van der Waals surface area contributed by atoms with E-state index in [1.165, 1.54) is 12.1 Å². The van der Waals surface area contributed by atoms with Crippen molar-refractivity contribution in [2.45, 2.75) is 19.4 Å². The molecule has 6 heteroatoms. The van der Waals surface area contributed by atoms with Gasteiger partial charge in [-0.25, -0.2) is 4.39 Å². The summed E-state index contributed by atoms with van der Waals surface area (Å²) in [6.45, 7) is 5.23. The Bertz CT molecular complexity index is 1080. The fraction of sp³-hybridized carbons (Fsp3) is 0.321. The number of nitrogens with one attached hydrogen (secondary N) is 1. The van der Waals surface area contributed by atoms with Crippen LogP contribution in [0.25, 0.3) is 11.1 Å². The number of methoxy groups -OCH3 is 1. The number of ether oxygens (including phenoxy) is 1. The molecular formula is C28H32FN3O2. The number of hydrogen-bond acceptors (Lipinski definition) is 4. The van der Waals surface area contributed by atoms with Crippen molar-refractivity contribution < 1.29 is 13.9 Å². The first-order valence-corrected chi connectivity index (χ1v) is 11.8. The van der Waals surface area contributed by atoms with Crippen LogP contribution in [0, 0.1) is 5.82 Å². The number of carbonyl (C=O) groups is 1. The summed E-state index contributed by atoms with van der Waals surface area (Å²) < 4.78 is 18.8. The summed E-state index contributed by atoms with van der Waals surface area (Å²) in [5, 5.41) is 3.05. The Morgan fingerprint density at radius 1 is 0.941 bits per heavy atom. The highest BCUT2D eigenvalue weighted by atomic mass is 19.1. The van der Waals surface area contributed by atoms with Gasteiger partial charge in [0, 0.05) is 39.1 Å². The highest BCUT2D eigenvalue weighted by Crippen LogP contribution is 2.28. The minimum atomic E-state index is -0.254. The van der Waals surface area contributed by atoms with Crippen molar-refractivity contribution >= 4 is 11.6 Å². The molecule has 4 rings (SSSR count). The molecule has 0 atom stereocenters. The molecule has 1 N–H and O–H groups in total. The maximum Gasteiger partial charge on any atom is 0.220 e. The molecule has 1 aliphatic rings. The highest BCUT2D eigenvalue weighted by molar-refractivity contribution is 5.76. The van der Waals surface area contributed by atoms with Gasteiger partial charge in [-0.1, -0.05) is 48.5 Å². The van der Waals surface area contributed by atoms with E-state index in [4.69, 9.17) is 4.74 Å². The zero-order chi connectivity index (χ0) is 23.8. The topological polar surface area (TPSA) is 44.8 Å². The molecule has 34 heavy (non-hydrogen) atoms. The predicted molar refractivity (Wildman–Crippen MR) is 135 cm³/mol. The molecule has 0 bridgehead atoms. The maximum absolute atomic E-state index is 13.3. The molecule has 1 saturated heterocycles. The average Bonchev–Trinajstić information content (AvgIpc) is 2.88. The van der Waals surface area contributed by atoms with E-state index in [1.54, 1.807) is 19.2 Å². The Kier molecular flexibility index (Phi) is 8.15. The van der Waals surface area contributed by atoms with Crippen LogP contribution in [0.3, 0.4) is 0 Å². The largest absolute Gasteiger partial charge is 0.495 e. The second kappa shape index (κ2) is 11.7. The van der Waals surface area contributed by atoms with Gasteiger partial charge in [-0.2, -0.15) is 0 Å². The summed E-state index contributed by atoms with van der Waals surface area (Å²) in [5.74, 6) is 0.714. The zero-order valence-corrected chi connectivity index (χ0v) is 19.7. The van der Waals surface area contributed by atoms with Gasteiger partial charge in [0.05, 0.1) is 12.8 Å². The molecule has 3 aromatic rings. The van der Waals surface area contributed by atoms with Crippen molar-refractivity contribution in [1.82, 2.24) is 10.2 Å². The van der Waals surface area contributed by atoms with E-state index in [2.05, 4.69) is 21.2 Å². The summed E-state index contributed by atoms with van der Waals surface area (Å²) >= 11 is 0. The molecule has 178 valence electrons. The van der Waals surface area contributed by atoms with Gasteiger partial charge in [-0.15, -0.1) is 0 Å². The number of carbonyl (C=O) groups excluding carboxylic acids is 1. The summed E-state index contributed by atoms with van der Waals surface area (Å²) in [5.41, 5.74) is 4.12. The van der Waals surface area contributed by atoms with Crippen molar-refractivity contribution in [3.63, 3.8) is 0 Å². The molecule has 0 radical (unpaired) electrons. The Hall–Kier alpha value is -3.38. The van der Waals surface area contributed by atoms with Gasteiger partial charge < -0.3 is 15.0 Å². The maximum atomic E-state index is 13.3. The lowest BCUT2D eigenvalue weighted by Crippen LogP contribution is -2.46. The van der Waals surface area contributed by atoms with E-state index < -0.39 is 0 Å². The lowest BCUT2D eigenvalue weighted by molar-refractivity contribution is -0.121. The number of piperazine rings is 1. The lowest BCUT2D eigenvalue weighted by atomic mass is 9.99. The third-order valence-electron chi connectivity index (χ3n) is 6.32. The lowest BCUT2D eigenvalue weighted by Gasteiger charge is -2.36. The second-order valence-electron chi connectivity index (χ2n) is 8.54. The van der Waals surface area contributed by atoms with Gasteiger partial charge in [0.1, 0.15) is 11.6 Å². The van der Waals surface area contributed by atoms with Gasteiger partial charge in [-0.05, 0) is 53.9 Å². The highest BCUT2D eigenvalue weighted by Gasteiger charge is 2.19. The Balaban J connectivity index is 1.20. The summed E-state index contributed by atoms with van der Waals surface area (Å²) in [6.07, 6.45) is 1.34. The van der Waals surface area contributed by atoms with Crippen LogP contribution in [0.1, 0.15) is 18.4 Å². The van der Waals surface area contributed by atoms with Gasteiger partial charge in [0.15, 0.2) is 0 Å². The normalized spacial score (nSPS) is 14.1. The first kappa shape index (κ1) is 23.8. The van der Waals surface area contributed by atoms with Gasteiger partial charge in [0.2, 0.25) is 5.91 Å². The molecule has 1 heterocycles. The van der Waals surface area contributed by atoms with Crippen LogP contribution in [0.2, 0.25) is 0 Å². The first-order valence-electron chi connectivity index (χ1n) is 11.8. The van der Waals surface area contributed by atoms with E-state index in [9.17, 15) is 9.18 Å². The number of rotatable bonds is 9. The summed E-state index contributed by atoms with van der Waals surface area (Å²) in [7, 11) is 1.71. The molecular weight excluding hydrogens is 429 g/mol. The molecule has 0 aromatic heterocycles. The van der Waals surface area contributed by atoms with Crippen LogP contribution in [-0.2, 0) is 11.3 Å². The van der Waals surface area contributed by atoms with Crippen LogP contribution in [0.15, 0.2) is 72.8 Å². The zero-order valence-electron chi connectivity index (χ0n) is 19.7. The molecule has 0 spiro atoms. The second-order valence-corrected chi connectivity index (χ2v) is 8.54. The fourth-order valence-corrected chi connectivity index (χ4v) is 4.43. The fourth-order valence-electron chi connectivity index (χ4n) is 4.43. The Labute approximate surface area is 201 Å². The predicted octanol–water partition coefficient (Wildman–Crippen LogP) is 4.72. The van der Waals surface area contributed by atoms with Crippen molar-refractivity contribution in [2.24, 2.45) is 0 Å². The third kappa shape index (κ3) is 6.14. The van der Waals surface area contributed by atoms with Crippen LogP contribution in [0.5, 0.6) is 5.75 Å². The van der Waals surface area contributed by atoms with E-state index in [0.29, 0.717) is 13.0 Å². The van der Waals surface area contributed by atoms with Crippen LogP contribution in [0.4, 0.5) is 10.1 Å². The number of anilines is 1. The standard InChI is InChI=1S/C28H32FN3O2/c1-34-27-10-5-4-9-26(27)32-19-17-31(18-20-32)16-6-11-28(33)30-21-23-7-2-3-8-25(23)22-12-14-24(29)15-13-22/h2-5,7-10,12-15H,6,11,16-21H2,1H3,(H,30,33). The van der Waals surface area contributed by atoms with Crippen LogP contribution < -0.4 is 15.0 Å². The van der Waals surface area contributed by atoms with E-state index in [1.807, 2.05) is 42.5 Å². The summed E-state index contributed by atoms with van der Waals surface area (Å²) in [4.78, 5) is 17.2. The van der Waals surface area contributed by atoms with E-state index >= 15 is 0 Å². The van der Waals surface area contributed by atoms with E-state index in [-0.39, 0.29) is 11.7 Å². The molecule has 0 unspecified atom stereocenters. The number of amides is 1. The SMILES string of the molecule is COc1ccccc1N1CCN(CCCC(=O)NCc2ccccc2-c2ccc(F)cc2)CC1. The smallest absolute Gasteiger partial charge is 0.220 e. The van der Waals surface area contributed by atoms with Crippen molar-refractivity contribution in [3.05, 3.63) is 84.2 Å². The summed E-state index contributed by atoms with van der Waals surface area (Å²) in [6, 6.07) is 22.5. The van der Waals surface area contributed by atoms with Crippen LogP contribution in [-0.4, -0.2) is 50.6 Å². The van der Waals surface area contributed by atoms with Crippen molar-refractivity contribution in [1.29, 1.82) is 0 Å². The molecule has 5 nitrogen and oxygen atoms in total. The Morgan fingerprint density at radius 2 is 1.65 bits per heavy atom. The molecule has 3 aromatic carbocycles. The quantitative estimate of drug-likeness (QED) is 0.501. The molecule has 1 aliphatic heterocycles. The number of para-hydroxylation sites is 2. The first-order chi connectivity index (χ1) is 16.6. The molecule has 1 amide bonds. The Morgan fingerprint density at radius 3 is 2.41 bits per heavy atom. The minimum Gasteiger partial charge on any atom is -0.495 e. The third-order valence-corrected chi connectivity index (χ3v) is 6.32. The molecule has 1 fully saturated rings. The number of benzene rings is 3. The molecule has 0 saturated carbocycles. The monoisotopic (exact) mass is 461 g/mol. The van der Waals surface area contributed by atoms with E-state index in [0.717, 1.165) is 67.3 Å². The van der Waals surface area contributed by atoms with Gasteiger partial charge >= 0.3 is 0 Å². The average molecular weight is 462 g/mol.